The summed E-state index contributed by atoms with van der Waals surface area (Å²) in [5, 5.41) is 8.78. The Bertz CT molecular complexity index is 355. The van der Waals surface area contributed by atoms with Crippen LogP contribution in [0.25, 0.3) is 0 Å². The van der Waals surface area contributed by atoms with E-state index in [2.05, 4.69) is 6.07 Å². The summed E-state index contributed by atoms with van der Waals surface area (Å²) in [5.74, 6) is 0. The number of nitrogens with zero attached hydrogens (tertiary/aromatic N) is 1. The topological polar surface area (TPSA) is 59.0 Å². The van der Waals surface area contributed by atoms with E-state index in [9.17, 15) is 0 Å². The minimum Gasteiger partial charge on any atom is -0.383 e. The van der Waals surface area contributed by atoms with Crippen LogP contribution in [-0.4, -0.2) is 13.7 Å². The van der Waals surface area contributed by atoms with Crippen molar-refractivity contribution < 1.29 is 4.74 Å². The van der Waals surface area contributed by atoms with Crippen molar-refractivity contribution in [3.63, 3.8) is 0 Å². The van der Waals surface area contributed by atoms with Gasteiger partial charge in [0.2, 0.25) is 0 Å². The zero-order valence-corrected chi connectivity index (χ0v) is 8.45. The SMILES string of the molecule is COC[C@@H](N)c1cc(C)cc(C#N)c1. The van der Waals surface area contributed by atoms with E-state index in [1.165, 1.54) is 0 Å². The zero-order chi connectivity index (χ0) is 10.6. The Hall–Kier alpha value is -1.37. The first kappa shape index (κ1) is 10.7. The van der Waals surface area contributed by atoms with Crippen LogP contribution in [0, 0.1) is 18.3 Å². The Morgan fingerprint density at radius 1 is 1.50 bits per heavy atom. The molecule has 2 N–H and O–H groups in total. The van der Waals surface area contributed by atoms with Gasteiger partial charge in [-0.2, -0.15) is 5.26 Å². The molecule has 74 valence electrons. The minimum absolute atomic E-state index is 0.160. The highest BCUT2D eigenvalue weighted by Crippen LogP contribution is 2.15. The molecule has 0 aliphatic heterocycles. The Labute approximate surface area is 84.1 Å². The summed E-state index contributed by atoms with van der Waals surface area (Å²) in [6, 6.07) is 7.56. The van der Waals surface area contributed by atoms with Gasteiger partial charge in [0.25, 0.3) is 0 Å². The van der Waals surface area contributed by atoms with Crippen LogP contribution < -0.4 is 5.73 Å². The third kappa shape index (κ3) is 2.56. The van der Waals surface area contributed by atoms with Crippen LogP contribution in [-0.2, 0) is 4.74 Å². The molecular formula is C11H14N2O. The molecule has 0 spiro atoms. The second-order valence-corrected chi connectivity index (χ2v) is 3.31. The number of rotatable bonds is 3. The first-order chi connectivity index (χ1) is 6.67. The lowest BCUT2D eigenvalue weighted by atomic mass is 10.0. The molecule has 0 aliphatic rings. The van der Waals surface area contributed by atoms with Crippen LogP contribution in [0.2, 0.25) is 0 Å². The minimum atomic E-state index is -0.160. The standard InChI is InChI=1S/C11H14N2O/c1-8-3-9(6-12)5-10(4-8)11(13)7-14-2/h3-5,11H,7,13H2,1-2H3/t11-/m1/s1. The highest BCUT2D eigenvalue weighted by atomic mass is 16.5. The van der Waals surface area contributed by atoms with Crippen molar-refractivity contribution in [3.8, 4) is 6.07 Å². The second kappa shape index (κ2) is 4.75. The molecule has 1 atom stereocenters. The van der Waals surface area contributed by atoms with Gasteiger partial charge in [0.05, 0.1) is 24.3 Å². The molecular weight excluding hydrogens is 176 g/mol. The van der Waals surface area contributed by atoms with Crippen molar-refractivity contribution in [2.45, 2.75) is 13.0 Å². The molecule has 1 aromatic rings. The molecule has 1 aromatic carbocycles. The van der Waals surface area contributed by atoms with Crippen molar-refractivity contribution in [1.29, 1.82) is 5.26 Å². The maximum atomic E-state index is 8.78. The Kier molecular flexibility index (Phi) is 3.63. The molecule has 14 heavy (non-hydrogen) atoms. The van der Waals surface area contributed by atoms with E-state index in [-0.39, 0.29) is 6.04 Å². The quantitative estimate of drug-likeness (QED) is 0.786. The second-order valence-electron chi connectivity index (χ2n) is 3.31. The highest BCUT2D eigenvalue weighted by molar-refractivity contribution is 5.38. The summed E-state index contributed by atoms with van der Waals surface area (Å²) in [5.41, 5.74) is 8.50. The first-order valence-electron chi connectivity index (χ1n) is 4.43. The molecule has 1 rings (SSSR count). The lowest BCUT2D eigenvalue weighted by Crippen LogP contribution is -2.16. The van der Waals surface area contributed by atoms with Crippen LogP contribution in [0.15, 0.2) is 18.2 Å². The van der Waals surface area contributed by atoms with Gasteiger partial charge in [-0.3, -0.25) is 0 Å². The van der Waals surface area contributed by atoms with Crippen molar-refractivity contribution in [2.24, 2.45) is 5.73 Å². The van der Waals surface area contributed by atoms with Crippen LogP contribution in [0.4, 0.5) is 0 Å². The third-order valence-electron chi connectivity index (χ3n) is 2.00. The normalized spacial score (nSPS) is 12.1. The van der Waals surface area contributed by atoms with Gasteiger partial charge in [0.1, 0.15) is 0 Å². The van der Waals surface area contributed by atoms with Crippen LogP contribution >= 0.6 is 0 Å². The summed E-state index contributed by atoms with van der Waals surface area (Å²) in [6.07, 6.45) is 0. The van der Waals surface area contributed by atoms with Gasteiger partial charge in [-0.05, 0) is 30.2 Å². The molecule has 0 bridgehead atoms. The van der Waals surface area contributed by atoms with Crippen molar-refractivity contribution in [1.82, 2.24) is 0 Å². The van der Waals surface area contributed by atoms with Crippen LogP contribution in [0.3, 0.4) is 0 Å². The van der Waals surface area contributed by atoms with E-state index in [0.29, 0.717) is 12.2 Å². The smallest absolute Gasteiger partial charge is 0.0991 e. The number of benzene rings is 1. The van der Waals surface area contributed by atoms with Gasteiger partial charge in [-0.25, -0.2) is 0 Å². The number of hydrogen-bond donors (Lipinski definition) is 1. The molecule has 0 heterocycles. The largest absolute Gasteiger partial charge is 0.383 e. The van der Waals surface area contributed by atoms with Crippen molar-refractivity contribution in [3.05, 3.63) is 34.9 Å². The predicted molar refractivity (Wildman–Crippen MR) is 54.7 cm³/mol. The van der Waals surface area contributed by atoms with E-state index in [4.69, 9.17) is 15.7 Å². The maximum absolute atomic E-state index is 8.78. The van der Waals surface area contributed by atoms with E-state index >= 15 is 0 Å². The van der Waals surface area contributed by atoms with Crippen LogP contribution in [0.1, 0.15) is 22.7 Å². The van der Waals surface area contributed by atoms with E-state index in [1.54, 1.807) is 13.2 Å². The molecule has 3 nitrogen and oxygen atoms in total. The lowest BCUT2D eigenvalue weighted by molar-refractivity contribution is 0.181. The van der Waals surface area contributed by atoms with Crippen LogP contribution in [0.5, 0.6) is 0 Å². The van der Waals surface area contributed by atoms with Gasteiger partial charge in [-0.1, -0.05) is 6.07 Å². The monoisotopic (exact) mass is 190 g/mol. The number of hydrogen-bond acceptors (Lipinski definition) is 3. The Morgan fingerprint density at radius 2 is 2.21 bits per heavy atom. The fourth-order valence-electron chi connectivity index (χ4n) is 1.37. The molecule has 0 aliphatic carbocycles. The summed E-state index contributed by atoms with van der Waals surface area (Å²) in [7, 11) is 1.61. The number of methoxy groups -OCH3 is 1. The highest BCUT2D eigenvalue weighted by Gasteiger charge is 2.06. The molecule has 0 aromatic heterocycles. The lowest BCUT2D eigenvalue weighted by Gasteiger charge is -2.11. The van der Waals surface area contributed by atoms with Crippen molar-refractivity contribution in [2.75, 3.05) is 13.7 Å². The van der Waals surface area contributed by atoms with Gasteiger partial charge in [0, 0.05) is 7.11 Å². The molecule has 0 radical (unpaired) electrons. The third-order valence-corrected chi connectivity index (χ3v) is 2.00. The van der Waals surface area contributed by atoms with Gasteiger partial charge in [-0.15, -0.1) is 0 Å². The van der Waals surface area contributed by atoms with Gasteiger partial charge >= 0.3 is 0 Å². The molecule has 3 heteroatoms. The average molecular weight is 190 g/mol. The number of nitrogens with two attached hydrogens (primary N) is 1. The molecule has 0 saturated heterocycles. The zero-order valence-electron chi connectivity index (χ0n) is 8.45. The van der Waals surface area contributed by atoms with E-state index < -0.39 is 0 Å². The summed E-state index contributed by atoms with van der Waals surface area (Å²) in [4.78, 5) is 0. The molecule has 0 saturated carbocycles. The first-order valence-corrected chi connectivity index (χ1v) is 4.43. The fraction of sp³-hybridized carbons (Fsp3) is 0.364. The number of ether oxygens (including phenoxy) is 1. The number of nitriles is 1. The maximum Gasteiger partial charge on any atom is 0.0991 e. The average Bonchev–Trinajstić information content (AvgIpc) is 2.17. The molecule has 0 amide bonds. The summed E-state index contributed by atoms with van der Waals surface area (Å²) in [6.45, 7) is 2.41. The fourth-order valence-corrected chi connectivity index (χ4v) is 1.37. The van der Waals surface area contributed by atoms with Crippen molar-refractivity contribution >= 4 is 0 Å². The molecule has 0 fully saturated rings. The van der Waals surface area contributed by atoms with Gasteiger partial charge < -0.3 is 10.5 Å². The number of aryl methyl sites for hydroxylation is 1. The molecule has 0 unspecified atom stereocenters. The van der Waals surface area contributed by atoms with Gasteiger partial charge in [0.15, 0.2) is 0 Å². The van der Waals surface area contributed by atoms with E-state index in [1.807, 2.05) is 19.1 Å². The summed E-state index contributed by atoms with van der Waals surface area (Å²) < 4.78 is 4.96. The predicted octanol–water partition coefficient (Wildman–Crippen LogP) is 1.51. The summed E-state index contributed by atoms with van der Waals surface area (Å²) >= 11 is 0. The Balaban J connectivity index is 2.98. The van der Waals surface area contributed by atoms with E-state index in [0.717, 1.165) is 11.1 Å². The Morgan fingerprint density at radius 3 is 2.79 bits per heavy atom.